The Morgan fingerprint density at radius 2 is 2.32 bits per heavy atom. The lowest BCUT2D eigenvalue weighted by atomic mass is 10.0. The van der Waals surface area contributed by atoms with E-state index in [1.165, 1.54) is 13.2 Å². The van der Waals surface area contributed by atoms with Gasteiger partial charge in [-0.05, 0) is 30.9 Å². The Bertz CT molecular complexity index is 610. The molecule has 2 heterocycles. The molecule has 118 valence electrons. The van der Waals surface area contributed by atoms with Gasteiger partial charge in [-0.25, -0.2) is 4.79 Å². The highest BCUT2D eigenvalue weighted by Gasteiger charge is 2.32. The summed E-state index contributed by atoms with van der Waals surface area (Å²) in [7, 11) is 1.23. The van der Waals surface area contributed by atoms with Gasteiger partial charge in [-0.3, -0.25) is 10.1 Å². The average Bonchev–Trinajstić information content (AvgIpc) is 2.96. The number of methoxy groups -OCH3 is 1. The monoisotopic (exact) mass is 306 g/mol. The first-order valence-electron chi connectivity index (χ1n) is 7.36. The van der Waals surface area contributed by atoms with Crippen molar-refractivity contribution in [2.75, 3.05) is 31.8 Å². The lowest BCUT2D eigenvalue weighted by Gasteiger charge is -2.33. The molecule has 1 aromatic carbocycles. The largest absolute Gasteiger partial charge is 0.465 e. The van der Waals surface area contributed by atoms with Crippen LogP contribution in [0.4, 0.5) is 11.4 Å². The van der Waals surface area contributed by atoms with Gasteiger partial charge in [0.25, 0.3) is 5.69 Å². The number of ether oxygens (including phenoxy) is 2. The fourth-order valence-electron chi connectivity index (χ4n) is 3.22. The molecular weight excluding hydrogens is 288 g/mol. The molecule has 7 heteroatoms. The Morgan fingerprint density at radius 3 is 2.95 bits per heavy atom. The minimum atomic E-state index is -0.679. The van der Waals surface area contributed by atoms with Crippen LogP contribution in [0.3, 0.4) is 0 Å². The summed E-state index contributed by atoms with van der Waals surface area (Å²) in [6.07, 6.45) is 2.78. The number of hydrogen-bond donors (Lipinski definition) is 0. The van der Waals surface area contributed by atoms with E-state index in [1.807, 2.05) is 0 Å². The van der Waals surface area contributed by atoms with Crippen molar-refractivity contribution in [2.24, 2.45) is 0 Å². The number of anilines is 1. The number of carbonyl (C=O) groups excluding carboxylic acids is 1. The summed E-state index contributed by atoms with van der Waals surface area (Å²) in [5.74, 6) is -0.679. The minimum Gasteiger partial charge on any atom is -0.465 e. The van der Waals surface area contributed by atoms with E-state index in [0.717, 1.165) is 43.7 Å². The van der Waals surface area contributed by atoms with Crippen LogP contribution < -0.4 is 4.90 Å². The van der Waals surface area contributed by atoms with Crippen LogP contribution in [0.25, 0.3) is 0 Å². The predicted octanol–water partition coefficient (Wildman–Crippen LogP) is 1.92. The highest BCUT2D eigenvalue weighted by molar-refractivity contribution is 5.95. The average molecular weight is 306 g/mol. The maximum Gasteiger partial charge on any atom is 0.344 e. The summed E-state index contributed by atoms with van der Waals surface area (Å²) in [6, 6.07) is 3.37. The van der Waals surface area contributed by atoms with Gasteiger partial charge < -0.3 is 14.4 Å². The molecule has 0 aliphatic carbocycles. The van der Waals surface area contributed by atoms with Crippen molar-refractivity contribution in [2.45, 2.75) is 25.3 Å². The second kappa shape index (κ2) is 5.92. The van der Waals surface area contributed by atoms with Gasteiger partial charge in [0.1, 0.15) is 5.56 Å². The quantitative estimate of drug-likeness (QED) is 0.482. The van der Waals surface area contributed by atoms with Crippen molar-refractivity contribution in [1.82, 2.24) is 0 Å². The molecule has 2 aliphatic rings. The van der Waals surface area contributed by atoms with Crippen molar-refractivity contribution in [3.8, 4) is 0 Å². The Hall–Kier alpha value is -2.15. The van der Waals surface area contributed by atoms with Gasteiger partial charge >= 0.3 is 5.97 Å². The first kappa shape index (κ1) is 14.8. The van der Waals surface area contributed by atoms with Crippen LogP contribution in [0, 0.1) is 10.1 Å². The third kappa shape index (κ3) is 2.52. The van der Waals surface area contributed by atoms with Crippen LogP contribution in [0.1, 0.15) is 28.8 Å². The van der Waals surface area contributed by atoms with Crippen molar-refractivity contribution in [3.63, 3.8) is 0 Å². The highest BCUT2D eigenvalue weighted by Crippen LogP contribution is 2.36. The van der Waals surface area contributed by atoms with Gasteiger partial charge in [0.2, 0.25) is 0 Å². The van der Waals surface area contributed by atoms with Gasteiger partial charge in [-0.15, -0.1) is 0 Å². The topological polar surface area (TPSA) is 81.9 Å². The Balaban J connectivity index is 2.00. The normalized spacial score (nSPS) is 20.6. The molecule has 0 bridgehead atoms. The predicted molar refractivity (Wildman–Crippen MR) is 79.3 cm³/mol. The summed E-state index contributed by atoms with van der Waals surface area (Å²) in [6.45, 7) is 2.24. The van der Waals surface area contributed by atoms with Crippen LogP contribution in [0.5, 0.6) is 0 Å². The van der Waals surface area contributed by atoms with E-state index in [9.17, 15) is 14.9 Å². The first-order chi connectivity index (χ1) is 10.6. The molecule has 0 aromatic heterocycles. The van der Waals surface area contributed by atoms with Crippen molar-refractivity contribution >= 4 is 17.3 Å². The third-order valence-electron chi connectivity index (χ3n) is 4.31. The summed E-state index contributed by atoms with van der Waals surface area (Å²) < 4.78 is 10.2. The molecule has 7 nitrogen and oxygen atoms in total. The SMILES string of the molecule is COC(=O)c1cc2c(cc1[N+](=O)[O-])CCN2C1CCCOC1. The number of nitro groups is 1. The second-order valence-electron chi connectivity index (χ2n) is 5.56. The minimum absolute atomic E-state index is 0.00915. The lowest BCUT2D eigenvalue weighted by molar-refractivity contribution is -0.385. The Morgan fingerprint density at radius 1 is 1.50 bits per heavy atom. The van der Waals surface area contributed by atoms with E-state index in [0.29, 0.717) is 6.61 Å². The zero-order valence-electron chi connectivity index (χ0n) is 12.4. The van der Waals surface area contributed by atoms with E-state index in [1.54, 1.807) is 6.07 Å². The molecule has 0 N–H and O–H groups in total. The van der Waals surface area contributed by atoms with Crippen LogP contribution >= 0.6 is 0 Å². The molecule has 0 saturated carbocycles. The van der Waals surface area contributed by atoms with E-state index >= 15 is 0 Å². The maximum absolute atomic E-state index is 11.9. The number of nitro benzene ring substituents is 1. The number of rotatable bonds is 3. The molecule has 2 aliphatic heterocycles. The summed E-state index contributed by atoms with van der Waals surface area (Å²) >= 11 is 0. The molecule has 1 unspecified atom stereocenters. The molecule has 22 heavy (non-hydrogen) atoms. The van der Waals surface area contributed by atoms with Gasteiger partial charge in [-0.2, -0.15) is 0 Å². The zero-order chi connectivity index (χ0) is 15.7. The molecular formula is C15H18N2O5. The van der Waals surface area contributed by atoms with Gasteiger partial charge in [-0.1, -0.05) is 0 Å². The van der Waals surface area contributed by atoms with E-state index < -0.39 is 10.9 Å². The van der Waals surface area contributed by atoms with Gasteiger partial charge in [0, 0.05) is 24.9 Å². The van der Waals surface area contributed by atoms with Crippen LogP contribution in [-0.2, 0) is 15.9 Å². The molecule has 0 spiro atoms. The summed E-state index contributed by atoms with van der Waals surface area (Å²) in [4.78, 5) is 24.7. The van der Waals surface area contributed by atoms with Crippen LogP contribution in [0.15, 0.2) is 12.1 Å². The van der Waals surface area contributed by atoms with Crippen LogP contribution in [0.2, 0.25) is 0 Å². The highest BCUT2D eigenvalue weighted by atomic mass is 16.6. The molecule has 3 rings (SSSR count). The molecule has 1 fully saturated rings. The van der Waals surface area contributed by atoms with E-state index in [2.05, 4.69) is 9.64 Å². The number of carbonyl (C=O) groups is 1. The van der Waals surface area contributed by atoms with Gasteiger partial charge in [0.15, 0.2) is 0 Å². The molecule has 1 aromatic rings. The van der Waals surface area contributed by atoms with E-state index in [-0.39, 0.29) is 17.3 Å². The number of esters is 1. The Labute approximate surface area is 128 Å². The summed E-state index contributed by atoms with van der Waals surface area (Å²) in [5, 5.41) is 11.2. The summed E-state index contributed by atoms with van der Waals surface area (Å²) in [5.41, 5.74) is 1.62. The molecule has 1 saturated heterocycles. The third-order valence-corrected chi connectivity index (χ3v) is 4.31. The Kier molecular flexibility index (Phi) is 3.98. The zero-order valence-corrected chi connectivity index (χ0v) is 12.4. The van der Waals surface area contributed by atoms with Crippen molar-refractivity contribution < 1.29 is 19.2 Å². The smallest absolute Gasteiger partial charge is 0.344 e. The van der Waals surface area contributed by atoms with Crippen LogP contribution in [-0.4, -0.2) is 43.8 Å². The second-order valence-corrected chi connectivity index (χ2v) is 5.56. The molecule has 0 radical (unpaired) electrons. The standard InChI is InChI=1S/C15H18N2O5/c1-21-15(18)12-8-13-10(7-14(12)17(19)20)4-5-16(13)11-3-2-6-22-9-11/h7-8,11H,2-6,9H2,1H3. The molecule has 1 atom stereocenters. The first-order valence-corrected chi connectivity index (χ1v) is 7.36. The molecule has 0 amide bonds. The van der Waals surface area contributed by atoms with E-state index in [4.69, 9.17) is 4.74 Å². The number of benzene rings is 1. The number of hydrogen-bond acceptors (Lipinski definition) is 6. The number of nitrogens with zero attached hydrogens (tertiary/aromatic N) is 2. The fourth-order valence-corrected chi connectivity index (χ4v) is 3.22. The van der Waals surface area contributed by atoms with Crippen molar-refractivity contribution in [3.05, 3.63) is 33.4 Å². The fraction of sp³-hybridized carbons (Fsp3) is 0.533. The lowest BCUT2D eigenvalue weighted by Crippen LogP contribution is -2.40. The van der Waals surface area contributed by atoms with Crippen molar-refractivity contribution in [1.29, 1.82) is 0 Å². The maximum atomic E-state index is 11.9. The number of fused-ring (bicyclic) bond motifs is 1. The van der Waals surface area contributed by atoms with Gasteiger partial charge in [0.05, 0.1) is 24.7 Å².